The van der Waals surface area contributed by atoms with E-state index in [1.54, 1.807) is 18.2 Å². The fraction of sp³-hybridized carbons (Fsp3) is 0.267. The Kier molecular flexibility index (Phi) is 7.20. The molecule has 1 rings (SSSR count). The van der Waals surface area contributed by atoms with E-state index in [1.165, 1.54) is 6.08 Å². The third kappa shape index (κ3) is 6.82. The highest BCUT2D eigenvalue weighted by atomic mass is 79.9. The first-order valence-electron chi connectivity index (χ1n) is 6.59. The van der Waals surface area contributed by atoms with Crippen LogP contribution in [0.25, 0.3) is 6.08 Å². The molecule has 0 radical (unpaired) electrons. The van der Waals surface area contributed by atoms with E-state index in [0.717, 1.165) is 10.5 Å². The summed E-state index contributed by atoms with van der Waals surface area (Å²) in [5.74, 6) is -0.918. The molecule has 0 spiro atoms. The highest BCUT2D eigenvalue weighted by Crippen LogP contribution is 2.24. The summed E-state index contributed by atoms with van der Waals surface area (Å²) in [7, 11) is 0. The first-order valence-corrected chi connectivity index (χ1v) is 7.79. The Bertz CT molecular complexity index is 615. The van der Waals surface area contributed by atoms with Crippen LogP contribution >= 0.6 is 28.1 Å². The fourth-order valence-corrected chi connectivity index (χ4v) is 2.18. The van der Waals surface area contributed by atoms with Gasteiger partial charge in [0.25, 0.3) is 0 Å². The quantitative estimate of drug-likeness (QED) is 0.535. The summed E-state index contributed by atoms with van der Waals surface area (Å²) in [4.78, 5) is 22.2. The van der Waals surface area contributed by atoms with Gasteiger partial charge in [0.05, 0.1) is 5.69 Å². The Morgan fingerprint density at radius 3 is 2.68 bits per heavy atom. The van der Waals surface area contributed by atoms with Gasteiger partial charge in [-0.25, -0.2) is 4.79 Å². The van der Waals surface area contributed by atoms with Gasteiger partial charge in [0.2, 0.25) is 5.91 Å². The van der Waals surface area contributed by atoms with E-state index in [9.17, 15) is 9.59 Å². The number of rotatable bonds is 5. The average molecular weight is 385 g/mol. The smallest absolute Gasteiger partial charge is 0.328 e. The molecule has 1 aromatic rings. The first kappa shape index (κ1) is 18.3. The third-order valence-corrected chi connectivity index (χ3v) is 3.40. The molecular weight excluding hydrogens is 368 g/mol. The number of amides is 1. The Hall–Kier alpha value is -1.73. The van der Waals surface area contributed by atoms with E-state index in [-0.39, 0.29) is 16.9 Å². The number of carbonyl (C=O) groups excluding carboxylic acids is 1. The van der Waals surface area contributed by atoms with Gasteiger partial charge in [0, 0.05) is 17.0 Å². The Morgan fingerprint density at radius 1 is 1.41 bits per heavy atom. The molecule has 0 atom stereocenters. The van der Waals surface area contributed by atoms with Gasteiger partial charge < -0.3 is 15.7 Å². The zero-order valence-electron chi connectivity index (χ0n) is 12.2. The maximum Gasteiger partial charge on any atom is 0.328 e. The highest BCUT2D eigenvalue weighted by molar-refractivity contribution is 9.10. The molecule has 1 amide bonds. The third-order valence-electron chi connectivity index (χ3n) is 2.50. The predicted molar refractivity (Wildman–Crippen MR) is 94.6 cm³/mol. The number of hydrogen-bond acceptors (Lipinski definition) is 3. The molecule has 22 heavy (non-hydrogen) atoms. The Morgan fingerprint density at radius 2 is 2.09 bits per heavy atom. The zero-order chi connectivity index (χ0) is 16.7. The van der Waals surface area contributed by atoms with Crippen molar-refractivity contribution in [3.8, 4) is 0 Å². The summed E-state index contributed by atoms with van der Waals surface area (Å²) < 4.78 is 0.750. The number of carbonyl (C=O) groups is 2. The Balaban J connectivity index is 2.75. The molecule has 0 aliphatic rings. The fourth-order valence-electron chi connectivity index (χ4n) is 1.61. The van der Waals surface area contributed by atoms with Crippen LogP contribution in [0.5, 0.6) is 0 Å². The molecule has 0 unspecified atom stereocenters. The minimum Gasteiger partial charge on any atom is -0.478 e. The molecular formula is C15H17BrN2O3S. The highest BCUT2D eigenvalue weighted by Gasteiger charge is 2.08. The number of hydrogen-bond donors (Lipinski definition) is 3. The van der Waals surface area contributed by atoms with Crippen LogP contribution in [0.1, 0.15) is 25.8 Å². The molecule has 0 fully saturated rings. The van der Waals surface area contributed by atoms with Crippen LogP contribution < -0.4 is 10.6 Å². The number of benzene rings is 1. The van der Waals surface area contributed by atoms with Crippen LogP contribution in [-0.2, 0) is 9.59 Å². The number of thiocarbonyl (C=S) groups is 1. The van der Waals surface area contributed by atoms with Gasteiger partial charge in [0.1, 0.15) is 0 Å². The molecule has 0 aliphatic carbocycles. The van der Waals surface area contributed by atoms with Gasteiger partial charge in [-0.05, 0) is 57.8 Å². The van der Waals surface area contributed by atoms with Crippen molar-refractivity contribution in [1.29, 1.82) is 0 Å². The molecule has 118 valence electrons. The second-order valence-electron chi connectivity index (χ2n) is 5.01. The number of carboxylic acid groups (broad SMARTS) is 1. The number of carboxylic acids is 1. The lowest BCUT2D eigenvalue weighted by molar-refractivity contribution is -0.131. The van der Waals surface area contributed by atoms with Gasteiger partial charge in [-0.3, -0.25) is 4.79 Å². The summed E-state index contributed by atoms with van der Waals surface area (Å²) in [5, 5.41) is 14.4. The van der Waals surface area contributed by atoms with Crippen LogP contribution in [0, 0.1) is 5.92 Å². The molecule has 0 heterocycles. The average Bonchev–Trinajstić information content (AvgIpc) is 2.38. The van der Waals surface area contributed by atoms with Gasteiger partial charge in [-0.1, -0.05) is 19.9 Å². The topological polar surface area (TPSA) is 78.4 Å². The van der Waals surface area contributed by atoms with Gasteiger partial charge in [-0.15, -0.1) is 0 Å². The van der Waals surface area contributed by atoms with E-state index in [0.29, 0.717) is 17.7 Å². The number of aliphatic carboxylic acids is 1. The van der Waals surface area contributed by atoms with Gasteiger partial charge >= 0.3 is 5.97 Å². The van der Waals surface area contributed by atoms with E-state index >= 15 is 0 Å². The normalized spacial score (nSPS) is 10.7. The lowest BCUT2D eigenvalue weighted by Gasteiger charge is -2.12. The minimum atomic E-state index is -1.02. The largest absolute Gasteiger partial charge is 0.478 e. The van der Waals surface area contributed by atoms with Crippen LogP contribution in [0.15, 0.2) is 28.7 Å². The van der Waals surface area contributed by atoms with E-state index < -0.39 is 5.97 Å². The molecule has 0 aromatic heterocycles. The summed E-state index contributed by atoms with van der Waals surface area (Å²) in [6, 6.07) is 5.25. The molecule has 5 nitrogen and oxygen atoms in total. The number of halogens is 1. The number of nitrogens with one attached hydrogen (secondary N) is 2. The first-order chi connectivity index (χ1) is 10.3. The lowest BCUT2D eigenvalue weighted by atomic mass is 10.1. The maximum absolute atomic E-state index is 11.7. The second-order valence-corrected chi connectivity index (χ2v) is 6.27. The molecule has 0 saturated heterocycles. The summed E-state index contributed by atoms with van der Waals surface area (Å²) >= 11 is 8.47. The van der Waals surface area contributed by atoms with Crippen LogP contribution in [0.2, 0.25) is 0 Å². The van der Waals surface area contributed by atoms with E-state index in [1.807, 2.05) is 13.8 Å². The standard InChI is InChI=1S/C15H17BrN2O3S/c1-9(2)7-13(19)18-15(22)17-12-8-10(3-5-11(12)16)4-6-14(20)21/h3-6,8-9H,7H2,1-2H3,(H,20,21)(H2,17,18,19,22)/b6-4+. The monoisotopic (exact) mass is 384 g/mol. The van der Waals surface area contributed by atoms with Crippen LogP contribution in [0.3, 0.4) is 0 Å². The maximum atomic E-state index is 11.7. The SMILES string of the molecule is CC(C)CC(=O)NC(=S)Nc1cc(/C=C/C(=O)O)ccc1Br. The summed E-state index contributed by atoms with van der Waals surface area (Å²) in [5.41, 5.74) is 1.34. The van der Waals surface area contributed by atoms with Crippen molar-refractivity contribution >= 4 is 56.9 Å². The van der Waals surface area contributed by atoms with Crippen molar-refractivity contribution in [1.82, 2.24) is 5.32 Å². The second kappa shape index (κ2) is 8.65. The zero-order valence-corrected chi connectivity index (χ0v) is 14.6. The molecule has 7 heteroatoms. The number of anilines is 1. The molecule has 0 saturated carbocycles. The lowest BCUT2D eigenvalue weighted by Crippen LogP contribution is -2.34. The van der Waals surface area contributed by atoms with Crippen molar-refractivity contribution in [2.75, 3.05) is 5.32 Å². The molecule has 0 aliphatic heterocycles. The van der Waals surface area contributed by atoms with Crippen molar-refractivity contribution in [2.45, 2.75) is 20.3 Å². The summed E-state index contributed by atoms with van der Waals surface area (Å²) in [6.07, 6.45) is 2.92. The molecule has 0 bridgehead atoms. The predicted octanol–water partition coefficient (Wildman–Crippen LogP) is 3.41. The van der Waals surface area contributed by atoms with E-state index in [2.05, 4.69) is 26.6 Å². The summed E-state index contributed by atoms with van der Waals surface area (Å²) in [6.45, 7) is 3.90. The van der Waals surface area contributed by atoms with Crippen molar-refractivity contribution < 1.29 is 14.7 Å². The van der Waals surface area contributed by atoms with Crippen LogP contribution in [-0.4, -0.2) is 22.1 Å². The van der Waals surface area contributed by atoms with Crippen molar-refractivity contribution in [3.05, 3.63) is 34.3 Å². The molecule has 3 N–H and O–H groups in total. The Labute approximate surface area is 142 Å². The van der Waals surface area contributed by atoms with Crippen molar-refractivity contribution in [3.63, 3.8) is 0 Å². The van der Waals surface area contributed by atoms with Crippen LogP contribution in [0.4, 0.5) is 5.69 Å². The molecule has 1 aromatic carbocycles. The van der Waals surface area contributed by atoms with Gasteiger partial charge in [0.15, 0.2) is 5.11 Å². The van der Waals surface area contributed by atoms with Crippen molar-refractivity contribution in [2.24, 2.45) is 5.92 Å². The minimum absolute atomic E-state index is 0.148. The van der Waals surface area contributed by atoms with E-state index in [4.69, 9.17) is 17.3 Å². The van der Waals surface area contributed by atoms with Gasteiger partial charge in [-0.2, -0.15) is 0 Å².